The Morgan fingerprint density at radius 3 is 1.73 bits per heavy atom. The molecule has 0 aliphatic carbocycles. The van der Waals surface area contributed by atoms with Gasteiger partial charge < -0.3 is 0 Å². The minimum atomic E-state index is -2.64. The summed E-state index contributed by atoms with van der Waals surface area (Å²) < 4.78 is 0. The highest BCUT2D eigenvalue weighted by molar-refractivity contribution is 7.19. The molecule has 5 rings (SSSR count). The Morgan fingerprint density at radius 2 is 1.10 bits per heavy atom. The summed E-state index contributed by atoms with van der Waals surface area (Å²) in [6.07, 6.45) is 0. The Balaban J connectivity index is 1.93. The molecule has 1 heterocycles. The molecule has 2 radical (unpaired) electrons. The quantitative estimate of drug-likeness (QED) is 0.332. The van der Waals surface area contributed by atoms with Crippen LogP contribution in [0.15, 0.2) is 121 Å². The van der Waals surface area contributed by atoms with Crippen LogP contribution in [0.2, 0.25) is 0 Å². The lowest BCUT2D eigenvalue weighted by molar-refractivity contribution is 1.31. The zero-order chi connectivity index (χ0) is 20.4. The van der Waals surface area contributed by atoms with Gasteiger partial charge >= 0.3 is 0 Å². The fourth-order valence-electron chi connectivity index (χ4n) is 4.40. The van der Waals surface area contributed by atoms with Crippen molar-refractivity contribution in [1.82, 2.24) is 4.98 Å². The van der Waals surface area contributed by atoms with Crippen LogP contribution in [0.4, 0.5) is 0 Å². The van der Waals surface area contributed by atoms with E-state index in [-0.39, 0.29) is 0 Å². The van der Waals surface area contributed by atoms with Crippen LogP contribution in [0.25, 0.3) is 10.8 Å². The number of benzene rings is 4. The van der Waals surface area contributed by atoms with Gasteiger partial charge in [-0.2, -0.15) is 0 Å². The molecule has 0 amide bonds. The summed E-state index contributed by atoms with van der Waals surface area (Å²) in [5.41, 5.74) is 0.553. The maximum absolute atomic E-state index is 6.19. The zero-order valence-electron chi connectivity index (χ0n) is 16.6. The lowest BCUT2D eigenvalue weighted by atomic mass is 10.1. The van der Waals surface area contributed by atoms with Crippen molar-refractivity contribution < 1.29 is 0 Å². The number of nitrogens with zero attached hydrogens (tertiary/aromatic N) is 1. The third-order valence-electron chi connectivity index (χ3n) is 5.75. The number of rotatable bonds is 4. The topological polar surface area (TPSA) is 12.9 Å². The summed E-state index contributed by atoms with van der Waals surface area (Å²) in [5, 5.41) is 7.43. The van der Waals surface area contributed by atoms with Crippen molar-refractivity contribution in [1.29, 1.82) is 0 Å². The number of fused-ring (bicyclic) bond motifs is 1. The maximum Gasteiger partial charge on any atom is 0.201 e. The largest absolute Gasteiger partial charge is 0.261 e. The van der Waals surface area contributed by atoms with E-state index in [0.29, 0.717) is 5.69 Å². The van der Waals surface area contributed by atoms with Crippen molar-refractivity contribution in [3.8, 4) is 0 Å². The highest BCUT2D eigenvalue weighted by Crippen LogP contribution is 2.15. The molecule has 1 aromatic heterocycles. The molecule has 2 heteroatoms. The third-order valence-corrected chi connectivity index (χ3v) is 10.4. The number of aromatic nitrogens is 1. The van der Waals surface area contributed by atoms with Crippen LogP contribution in [-0.4, -0.2) is 13.1 Å². The predicted octanol–water partition coefficient (Wildman–Crippen LogP) is 3.67. The van der Waals surface area contributed by atoms with Gasteiger partial charge in [-0.05, 0) is 38.5 Å². The number of hydrogen-bond acceptors (Lipinski definition) is 1. The van der Waals surface area contributed by atoms with Gasteiger partial charge in [-0.15, -0.1) is 0 Å². The first-order valence-electron chi connectivity index (χ1n) is 10.1. The highest BCUT2D eigenvalue weighted by Gasteiger charge is 2.42. The van der Waals surface area contributed by atoms with E-state index in [2.05, 4.69) is 109 Å². The standard InChI is InChI=1S/C28H21NSi/c1-22-11-10-18-28(29-22)30(25-14-4-2-5-15-25,26-16-6-3-7-17-26)27-20-19-23-12-8-9-13-24(23)21-27/h1-21H. The van der Waals surface area contributed by atoms with Crippen LogP contribution in [-0.2, 0) is 0 Å². The van der Waals surface area contributed by atoms with E-state index in [1.165, 1.54) is 26.3 Å². The van der Waals surface area contributed by atoms with Gasteiger partial charge in [-0.3, -0.25) is 4.98 Å². The number of pyridine rings is 1. The van der Waals surface area contributed by atoms with Gasteiger partial charge in [-0.25, -0.2) is 0 Å². The summed E-state index contributed by atoms with van der Waals surface area (Å²) in [6.45, 7) is 6.19. The molecule has 0 aliphatic heterocycles. The van der Waals surface area contributed by atoms with Crippen LogP contribution < -0.4 is 20.9 Å². The van der Waals surface area contributed by atoms with Crippen LogP contribution >= 0.6 is 0 Å². The van der Waals surface area contributed by atoms with Crippen molar-refractivity contribution in [3.05, 3.63) is 134 Å². The van der Waals surface area contributed by atoms with Gasteiger partial charge in [0.1, 0.15) is 0 Å². The first-order chi connectivity index (χ1) is 14.8. The predicted molar refractivity (Wildman–Crippen MR) is 129 cm³/mol. The molecule has 0 N–H and O–H groups in total. The molecule has 142 valence electrons. The summed E-state index contributed by atoms with van der Waals surface area (Å²) >= 11 is 0. The van der Waals surface area contributed by atoms with Gasteiger partial charge in [0.05, 0.1) is 0 Å². The molecular formula is C28H21NSi. The lowest BCUT2D eigenvalue weighted by Gasteiger charge is -2.33. The molecule has 0 atom stereocenters. The number of hydrogen-bond donors (Lipinski definition) is 0. The van der Waals surface area contributed by atoms with E-state index in [1.54, 1.807) is 0 Å². The molecule has 0 spiro atoms. The minimum absolute atomic E-state index is 0.553. The van der Waals surface area contributed by atoms with Crippen molar-refractivity contribution in [2.75, 3.05) is 0 Å². The average Bonchev–Trinajstić information content (AvgIpc) is 2.81. The monoisotopic (exact) mass is 399 g/mol. The Kier molecular flexibility index (Phi) is 4.78. The van der Waals surface area contributed by atoms with Crippen LogP contribution in [0, 0.1) is 6.92 Å². The second kappa shape index (κ2) is 7.73. The van der Waals surface area contributed by atoms with Crippen LogP contribution in [0.5, 0.6) is 0 Å². The van der Waals surface area contributed by atoms with E-state index in [9.17, 15) is 0 Å². The fourth-order valence-corrected chi connectivity index (χ4v) is 9.02. The first kappa shape index (κ1) is 18.5. The third kappa shape index (κ3) is 3.06. The average molecular weight is 400 g/mol. The lowest BCUT2D eigenvalue weighted by Crippen LogP contribution is -2.75. The fraction of sp³-hybridized carbons (Fsp3) is 0. The van der Waals surface area contributed by atoms with Gasteiger partial charge in [-0.1, -0.05) is 109 Å². The molecule has 0 fully saturated rings. The SMILES string of the molecule is [CH]c1cccc([Si](c2ccccc2)(c2ccccc2)c2ccc3ccccc3c2)n1. The molecule has 5 aromatic rings. The van der Waals surface area contributed by atoms with E-state index in [0.717, 1.165) is 5.32 Å². The molecule has 0 bridgehead atoms. The van der Waals surface area contributed by atoms with E-state index in [1.807, 2.05) is 12.1 Å². The van der Waals surface area contributed by atoms with Gasteiger partial charge in [0, 0.05) is 17.9 Å². The first-order valence-corrected chi connectivity index (χ1v) is 12.1. The molecule has 0 aliphatic rings. The molecular weight excluding hydrogens is 378 g/mol. The Morgan fingerprint density at radius 1 is 0.500 bits per heavy atom. The molecule has 4 aromatic carbocycles. The van der Waals surface area contributed by atoms with Gasteiger partial charge in [0.25, 0.3) is 0 Å². The smallest absolute Gasteiger partial charge is 0.201 e. The highest BCUT2D eigenvalue weighted by atomic mass is 28.3. The molecule has 30 heavy (non-hydrogen) atoms. The molecule has 0 saturated carbocycles. The Labute approximate surface area is 178 Å². The van der Waals surface area contributed by atoms with E-state index < -0.39 is 8.07 Å². The molecule has 1 nitrogen and oxygen atoms in total. The van der Waals surface area contributed by atoms with Crippen molar-refractivity contribution >= 4 is 39.7 Å². The van der Waals surface area contributed by atoms with E-state index in [4.69, 9.17) is 11.9 Å². The maximum atomic E-state index is 6.19. The summed E-state index contributed by atoms with van der Waals surface area (Å²) in [7, 11) is -2.64. The minimum Gasteiger partial charge on any atom is -0.261 e. The molecule has 0 saturated heterocycles. The van der Waals surface area contributed by atoms with Gasteiger partial charge in [0.2, 0.25) is 8.07 Å². The van der Waals surface area contributed by atoms with E-state index >= 15 is 0 Å². The zero-order valence-corrected chi connectivity index (χ0v) is 17.6. The summed E-state index contributed by atoms with van der Waals surface area (Å²) in [5.74, 6) is 0. The van der Waals surface area contributed by atoms with Gasteiger partial charge in [0.15, 0.2) is 0 Å². The second-order valence-corrected chi connectivity index (χ2v) is 11.2. The van der Waals surface area contributed by atoms with Crippen molar-refractivity contribution in [2.45, 2.75) is 0 Å². The second-order valence-electron chi connectivity index (χ2n) is 7.49. The van der Waals surface area contributed by atoms with Crippen molar-refractivity contribution in [2.24, 2.45) is 0 Å². The van der Waals surface area contributed by atoms with Crippen LogP contribution in [0.1, 0.15) is 5.69 Å². The Bertz CT molecular complexity index is 1260. The van der Waals surface area contributed by atoms with Crippen molar-refractivity contribution in [3.63, 3.8) is 0 Å². The Hall–Kier alpha value is -3.49. The normalized spacial score (nSPS) is 11.5. The van der Waals surface area contributed by atoms with Crippen LogP contribution in [0.3, 0.4) is 0 Å². The summed E-state index contributed by atoms with van der Waals surface area (Å²) in [6, 6.07) is 42.9. The molecule has 0 unspecified atom stereocenters. The summed E-state index contributed by atoms with van der Waals surface area (Å²) in [4.78, 5) is 4.89.